The number of pyridine rings is 1. The minimum absolute atomic E-state index is 0.0139. The number of carbonyl (C=O) groups is 1. The van der Waals surface area contributed by atoms with E-state index in [1.165, 1.54) is 35.4 Å². The predicted molar refractivity (Wildman–Crippen MR) is 138 cm³/mol. The van der Waals surface area contributed by atoms with Gasteiger partial charge in [-0.2, -0.15) is 8.88 Å². The second kappa shape index (κ2) is 12.4. The molecule has 1 amide bonds. The number of aromatic nitrogens is 5. The number of ether oxygens (including phenoxy) is 2. The zero-order valence-electron chi connectivity index (χ0n) is 22.2. The highest BCUT2D eigenvalue weighted by Gasteiger charge is 2.51. The Hall–Kier alpha value is -3.04. The number of primary amides is 1. The van der Waals surface area contributed by atoms with Gasteiger partial charge in [0.25, 0.3) is 12.1 Å². The van der Waals surface area contributed by atoms with Crippen molar-refractivity contribution < 1.29 is 70.8 Å². The van der Waals surface area contributed by atoms with E-state index in [4.69, 9.17) is 20.9 Å². The van der Waals surface area contributed by atoms with Gasteiger partial charge in [0, 0.05) is 6.07 Å². The maximum absolute atomic E-state index is 14.8. The highest BCUT2D eigenvalue weighted by atomic mass is 31.3. The first-order valence-corrected chi connectivity index (χ1v) is 15.6. The van der Waals surface area contributed by atoms with Gasteiger partial charge in [0.05, 0.1) is 19.5 Å². The molecule has 0 saturated carbocycles. The number of phosphoric acid groups is 2. The van der Waals surface area contributed by atoms with Gasteiger partial charge in [-0.05, 0) is 6.07 Å². The third-order valence-corrected chi connectivity index (χ3v) is 9.30. The van der Waals surface area contributed by atoms with Gasteiger partial charge in [-0.3, -0.25) is 18.4 Å². The normalized spacial score (nSPS) is 31.6. The summed E-state index contributed by atoms with van der Waals surface area (Å²) < 4.78 is 66.4. The number of anilines is 1. The van der Waals surface area contributed by atoms with E-state index in [9.17, 15) is 43.4 Å². The van der Waals surface area contributed by atoms with E-state index in [1.54, 1.807) is 0 Å². The molecule has 3 aromatic heterocycles. The summed E-state index contributed by atoms with van der Waals surface area (Å²) in [7, 11) is -10.8. The number of hydrogen-bond acceptors (Lipinski definition) is 15. The molecule has 2 fully saturated rings. The Morgan fingerprint density at radius 3 is 2.36 bits per heavy atom. The predicted octanol–water partition coefficient (Wildman–Crippen LogP) is -2.04. The quantitative estimate of drug-likeness (QED) is 0.0856. The summed E-state index contributed by atoms with van der Waals surface area (Å²) >= 11 is 0. The molecule has 2 aliphatic heterocycles. The third kappa shape index (κ3) is 6.64. The van der Waals surface area contributed by atoms with Gasteiger partial charge in [-0.1, -0.05) is 0 Å². The Labute approximate surface area is 245 Å². The molecule has 44 heavy (non-hydrogen) atoms. The highest BCUT2D eigenvalue weighted by molar-refractivity contribution is 7.61. The van der Waals surface area contributed by atoms with Crippen LogP contribution in [0, 0.1) is 0 Å². The number of alkyl halides is 1. The lowest BCUT2D eigenvalue weighted by atomic mass is 10.1. The third-order valence-electron chi connectivity index (χ3n) is 6.70. The van der Waals surface area contributed by atoms with Crippen LogP contribution in [-0.2, 0) is 32.0 Å². The van der Waals surface area contributed by atoms with Crippen LogP contribution in [0.2, 0.25) is 0 Å². The van der Waals surface area contributed by atoms with Gasteiger partial charge in [0.2, 0.25) is 6.17 Å². The standard InChI is InChI=1S/C21H26FN7O13P2/c22-12-14(30)10(40-20(12)28-3-1-2-9(4-28)18(24)33)5-38-43(34,35)42-44(36,37)39-6-11-15(31)16(32)21(41-11)29-8-27-13-17(23)25-7-26-19(13)29/h1-4,7-8,10-12,14-16,20-21,30-32H,5-6H2,(H5-,23,24,25,26,33,34,35,36,37)/p+1/t10-,11-,12+,14-,15-,16-,20-,21-/m1/s1. The number of hydrogen-bond donors (Lipinski definition) is 7. The first-order valence-electron chi connectivity index (χ1n) is 12.6. The monoisotopic (exact) mass is 666 g/mol. The number of amides is 1. The number of phosphoric ester groups is 2. The molecular formula is C21H27FN7O13P2+. The Bertz CT molecular complexity index is 1630. The van der Waals surface area contributed by atoms with E-state index >= 15 is 0 Å². The highest BCUT2D eigenvalue weighted by Crippen LogP contribution is 2.60. The molecule has 20 nitrogen and oxygen atoms in total. The summed E-state index contributed by atoms with van der Waals surface area (Å²) in [5.74, 6) is -0.761. The van der Waals surface area contributed by atoms with Crippen LogP contribution in [0.4, 0.5) is 10.2 Å². The van der Waals surface area contributed by atoms with Crippen molar-refractivity contribution in [3.8, 4) is 0 Å². The summed E-state index contributed by atoms with van der Waals surface area (Å²) in [4.78, 5) is 43.2. The lowest BCUT2D eigenvalue weighted by molar-refractivity contribution is -0.764. The zero-order chi connectivity index (χ0) is 32.0. The largest absolute Gasteiger partial charge is 0.481 e. The molecule has 2 saturated heterocycles. The molecule has 23 heteroatoms. The zero-order valence-corrected chi connectivity index (χ0v) is 24.0. The number of nitrogens with two attached hydrogens (primary N) is 2. The Balaban J connectivity index is 1.16. The number of carbonyl (C=O) groups excluding carboxylic acids is 1. The minimum Gasteiger partial charge on any atom is -0.387 e. The molecule has 0 aromatic carbocycles. The van der Waals surface area contributed by atoms with Crippen molar-refractivity contribution in [3.63, 3.8) is 0 Å². The molecule has 2 aliphatic rings. The molecule has 3 aromatic rings. The van der Waals surface area contributed by atoms with E-state index in [0.29, 0.717) is 0 Å². The number of rotatable bonds is 11. The molecule has 0 spiro atoms. The topological polar surface area (TPSA) is 298 Å². The summed E-state index contributed by atoms with van der Waals surface area (Å²) in [5.41, 5.74) is 11.3. The lowest BCUT2D eigenvalue weighted by Crippen LogP contribution is -2.45. The number of aliphatic hydroxyl groups excluding tert-OH is 3. The molecule has 0 bridgehead atoms. The van der Waals surface area contributed by atoms with Gasteiger partial charge < -0.3 is 46.0 Å². The van der Waals surface area contributed by atoms with Gasteiger partial charge in [0.15, 0.2) is 30.1 Å². The molecule has 9 N–H and O–H groups in total. The summed E-state index contributed by atoms with van der Waals surface area (Å²) in [6.07, 6.45) is -8.14. The van der Waals surface area contributed by atoms with Crippen molar-refractivity contribution in [1.29, 1.82) is 0 Å². The van der Waals surface area contributed by atoms with E-state index in [2.05, 4.69) is 28.3 Å². The van der Waals surface area contributed by atoms with Crippen LogP contribution in [0.15, 0.2) is 37.2 Å². The molecule has 0 aliphatic carbocycles. The number of imidazole rings is 1. The van der Waals surface area contributed by atoms with E-state index in [-0.39, 0.29) is 22.5 Å². The molecule has 5 rings (SSSR count). The van der Waals surface area contributed by atoms with Crippen molar-refractivity contribution in [2.75, 3.05) is 18.9 Å². The Morgan fingerprint density at radius 1 is 1.05 bits per heavy atom. The van der Waals surface area contributed by atoms with Crippen molar-refractivity contribution in [2.24, 2.45) is 5.73 Å². The Morgan fingerprint density at radius 2 is 1.70 bits per heavy atom. The average molecular weight is 666 g/mol. The maximum atomic E-state index is 14.8. The van der Waals surface area contributed by atoms with Gasteiger partial charge in [-0.25, -0.2) is 28.5 Å². The lowest BCUT2D eigenvalue weighted by Gasteiger charge is -2.20. The second-order valence-electron chi connectivity index (χ2n) is 9.64. The fourth-order valence-electron chi connectivity index (χ4n) is 4.54. The van der Waals surface area contributed by atoms with Gasteiger partial charge in [0.1, 0.15) is 47.9 Å². The van der Waals surface area contributed by atoms with Gasteiger partial charge in [-0.15, -0.1) is 0 Å². The van der Waals surface area contributed by atoms with Crippen LogP contribution in [0.1, 0.15) is 22.8 Å². The summed E-state index contributed by atoms with van der Waals surface area (Å²) in [6, 6.07) is 2.74. The minimum atomic E-state index is -5.41. The fraction of sp³-hybridized carbons (Fsp3) is 0.476. The van der Waals surface area contributed by atoms with Gasteiger partial charge >= 0.3 is 15.6 Å². The molecule has 240 valence electrons. The summed E-state index contributed by atoms with van der Waals surface area (Å²) in [5, 5.41) is 31.1. The van der Waals surface area contributed by atoms with Crippen molar-refractivity contribution >= 4 is 38.5 Å². The van der Waals surface area contributed by atoms with E-state index in [0.717, 1.165) is 10.9 Å². The number of nitrogens with zero attached hydrogens (tertiary/aromatic N) is 5. The van der Waals surface area contributed by atoms with E-state index in [1.807, 2.05) is 0 Å². The number of nitrogen functional groups attached to an aromatic ring is 1. The van der Waals surface area contributed by atoms with Crippen LogP contribution < -0.4 is 16.0 Å². The summed E-state index contributed by atoms with van der Waals surface area (Å²) in [6.45, 7) is -1.89. The molecule has 10 atom stereocenters. The molecule has 5 heterocycles. The fourth-order valence-corrected chi connectivity index (χ4v) is 6.63. The number of halogens is 1. The second-order valence-corrected chi connectivity index (χ2v) is 12.7. The van der Waals surface area contributed by atoms with E-state index < -0.39 is 83.9 Å². The average Bonchev–Trinajstić information content (AvgIpc) is 3.61. The molecule has 0 radical (unpaired) electrons. The first-order chi connectivity index (χ1) is 20.7. The van der Waals surface area contributed by atoms with Crippen LogP contribution in [0.5, 0.6) is 0 Å². The molecular weight excluding hydrogens is 639 g/mol. The van der Waals surface area contributed by atoms with Crippen molar-refractivity contribution in [2.45, 2.75) is 49.1 Å². The first kappa shape index (κ1) is 32.4. The van der Waals surface area contributed by atoms with Crippen molar-refractivity contribution in [3.05, 3.63) is 42.7 Å². The Kier molecular flexibility index (Phi) is 9.11. The van der Waals surface area contributed by atoms with Crippen LogP contribution >= 0.6 is 15.6 Å². The smallest absolute Gasteiger partial charge is 0.387 e. The number of fused-ring (bicyclic) bond motifs is 1. The maximum Gasteiger partial charge on any atom is 0.481 e. The van der Waals surface area contributed by atoms with Crippen LogP contribution in [0.3, 0.4) is 0 Å². The SMILES string of the molecule is NC(=O)c1ccc[n+]([C@@H]2O[C@H](COP(=O)(O)OP(=O)(O)OC[C@H]3O[C@@H](n4cnc5c(N)ncnc54)[C@H](O)[C@@H]3O)[C@@H](O)[C@@H]2F)c1. The number of aliphatic hydroxyl groups is 3. The molecule has 2 unspecified atom stereocenters. The van der Waals surface area contributed by atoms with Crippen LogP contribution in [0.25, 0.3) is 11.2 Å². The van der Waals surface area contributed by atoms with Crippen LogP contribution in [-0.4, -0.2) is 100 Å². The van der Waals surface area contributed by atoms with Crippen molar-refractivity contribution in [1.82, 2.24) is 19.5 Å².